The summed E-state index contributed by atoms with van der Waals surface area (Å²) >= 11 is 0. The van der Waals surface area contributed by atoms with Crippen molar-refractivity contribution in [2.45, 2.75) is 101 Å². The van der Waals surface area contributed by atoms with Crippen LogP contribution in [0, 0.1) is 5.92 Å². The Morgan fingerprint density at radius 2 is 2.02 bits per heavy atom. The number of aromatic nitrogens is 1. The molecule has 2 saturated carbocycles. The van der Waals surface area contributed by atoms with Gasteiger partial charge in [-0.2, -0.15) is 0 Å². The second-order valence-corrected chi connectivity index (χ2v) is 15.1. The van der Waals surface area contributed by atoms with E-state index in [9.17, 15) is 22.8 Å². The minimum absolute atomic E-state index is 0.131. The van der Waals surface area contributed by atoms with Crippen molar-refractivity contribution in [3.8, 4) is 11.5 Å². The minimum atomic E-state index is -3.83. The number of aryl methyl sites for hydroxylation is 1. The van der Waals surface area contributed by atoms with Crippen molar-refractivity contribution in [1.29, 1.82) is 0 Å². The monoisotopic (exact) mass is 668 g/mol. The number of fused-ring (bicyclic) bond motifs is 3. The average Bonchev–Trinajstić information content (AvgIpc) is 3.97. The number of sulfonamides is 1. The van der Waals surface area contributed by atoms with Gasteiger partial charge in [-0.25, -0.2) is 8.42 Å². The molecule has 0 spiro atoms. The summed E-state index contributed by atoms with van der Waals surface area (Å²) in [5, 5.41) is 3.09. The zero-order valence-electron chi connectivity index (χ0n) is 27.2. The van der Waals surface area contributed by atoms with Crippen molar-refractivity contribution < 1.29 is 37.0 Å². The fourth-order valence-corrected chi connectivity index (χ4v) is 7.91. The lowest BCUT2D eigenvalue weighted by Gasteiger charge is -2.28. The average molecular weight is 669 g/mol. The van der Waals surface area contributed by atoms with E-state index in [0.717, 1.165) is 48.7 Å². The van der Waals surface area contributed by atoms with Crippen LogP contribution in [0.15, 0.2) is 36.4 Å². The van der Waals surface area contributed by atoms with Crippen LogP contribution in [-0.2, 0) is 35.6 Å². The Balaban J connectivity index is 1.29. The van der Waals surface area contributed by atoms with E-state index in [-0.39, 0.29) is 31.2 Å². The predicted octanol–water partition coefficient (Wildman–Crippen LogP) is 3.17. The Bertz CT molecular complexity index is 1680. The van der Waals surface area contributed by atoms with Crippen LogP contribution < -0.4 is 19.5 Å². The molecular weight excluding hydrogens is 624 g/mol. The number of rotatable bonds is 8. The Morgan fingerprint density at radius 1 is 1.21 bits per heavy atom. The third-order valence-electron chi connectivity index (χ3n) is 9.49. The second-order valence-electron chi connectivity index (χ2n) is 13.1. The van der Waals surface area contributed by atoms with Crippen LogP contribution in [-0.4, -0.2) is 85.3 Å². The van der Waals surface area contributed by atoms with E-state index in [0.29, 0.717) is 30.9 Å². The molecule has 3 heterocycles. The molecule has 2 aliphatic carbocycles. The number of pyridine rings is 1. The van der Waals surface area contributed by atoms with Crippen molar-refractivity contribution >= 4 is 38.6 Å². The van der Waals surface area contributed by atoms with Crippen molar-refractivity contribution in [3.05, 3.63) is 42.1 Å². The topological polar surface area (TPSA) is 153 Å². The molecule has 12 nitrogen and oxygen atoms in total. The fourth-order valence-electron chi connectivity index (χ4n) is 6.55. The van der Waals surface area contributed by atoms with E-state index in [4.69, 9.17) is 19.2 Å². The molecule has 6 rings (SSSR count). The van der Waals surface area contributed by atoms with Gasteiger partial charge in [0, 0.05) is 42.2 Å². The highest BCUT2D eigenvalue weighted by molar-refractivity contribution is 7.91. The van der Waals surface area contributed by atoms with E-state index >= 15 is 0 Å². The molecule has 2 N–H and O–H groups in total. The molecule has 2 aliphatic heterocycles. The van der Waals surface area contributed by atoms with Crippen LogP contribution in [0.25, 0.3) is 10.9 Å². The molecule has 3 fully saturated rings. The van der Waals surface area contributed by atoms with Gasteiger partial charge in [-0.1, -0.05) is 25.5 Å². The smallest absolute Gasteiger partial charge is 0.259 e. The van der Waals surface area contributed by atoms with Crippen molar-refractivity contribution in [2.24, 2.45) is 5.92 Å². The summed E-state index contributed by atoms with van der Waals surface area (Å²) < 4.78 is 45.5. The van der Waals surface area contributed by atoms with Crippen LogP contribution in [0.3, 0.4) is 0 Å². The van der Waals surface area contributed by atoms with Gasteiger partial charge in [-0.3, -0.25) is 24.1 Å². The predicted molar refractivity (Wildman–Crippen MR) is 174 cm³/mol. The number of benzene rings is 1. The number of methoxy groups -OCH3 is 1. The van der Waals surface area contributed by atoms with Crippen LogP contribution in [0.1, 0.15) is 70.9 Å². The Hall–Kier alpha value is -3.71. The van der Waals surface area contributed by atoms with Gasteiger partial charge in [0.2, 0.25) is 15.9 Å². The maximum absolute atomic E-state index is 14.1. The number of hydrogen-bond donors (Lipinski definition) is 2. The number of carbonyl (C=O) groups is 3. The third-order valence-corrected chi connectivity index (χ3v) is 11.3. The van der Waals surface area contributed by atoms with Gasteiger partial charge in [0.15, 0.2) is 0 Å². The van der Waals surface area contributed by atoms with Crippen molar-refractivity contribution in [3.63, 3.8) is 0 Å². The van der Waals surface area contributed by atoms with E-state index in [1.54, 1.807) is 14.0 Å². The molecule has 3 amide bonds. The normalized spacial score (nSPS) is 29.1. The maximum atomic E-state index is 14.1. The second kappa shape index (κ2) is 13.4. The zero-order chi connectivity index (χ0) is 33.3. The molecule has 0 bridgehead atoms. The fraction of sp³-hybridized carbons (Fsp3) is 0.588. The summed E-state index contributed by atoms with van der Waals surface area (Å²) in [6, 6.07) is 6.52. The van der Waals surface area contributed by atoms with Crippen LogP contribution >= 0.6 is 0 Å². The van der Waals surface area contributed by atoms with Crippen molar-refractivity contribution in [2.75, 3.05) is 20.3 Å². The lowest BCUT2D eigenvalue weighted by molar-refractivity contribution is -0.147. The number of hydrogen-bond acceptors (Lipinski definition) is 9. The lowest BCUT2D eigenvalue weighted by atomic mass is 10.1. The molecule has 0 radical (unpaired) electrons. The minimum Gasteiger partial charge on any atom is -0.497 e. The Labute approximate surface area is 275 Å². The number of nitrogens with zero attached hydrogens (tertiary/aromatic N) is 2. The molecule has 13 heteroatoms. The molecule has 0 unspecified atom stereocenters. The van der Waals surface area contributed by atoms with Crippen LogP contribution in [0.4, 0.5) is 0 Å². The SMILES string of the molecule is CCCc1cc(O[C@@H]2C[C@H]3C(=O)N[C@]4(C(=O)NS(=O)(=O)C5CC5)C[C@H]4/C=C\CCCCO[C@H](C)C(=O)N3C2)c2ccc(OC)cc2n1. The standard InChI is InChI=1S/C34H44N4O8S/c1-4-9-23-16-30(27-14-11-24(44-3)17-28(27)35-23)46-25-18-29-31(39)36-34(33(41)37-47(42,43)26-12-13-26)19-22(34)10-7-5-6-8-15-45-21(2)32(40)38(29)20-25/h7,10-11,14,16-17,21-22,25-26,29H,4-6,8-9,12-13,15,18-20H2,1-3H3,(H,36,39)(H,37,41)/b10-7-/t21-,22-,25-,29+,34-/m1/s1. The number of ether oxygens (including phenoxy) is 3. The van der Waals surface area contributed by atoms with Gasteiger partial charge in [-0.05, 0) is 64.0 Å². The molecule has 1 aromatic heterocycles. The first kappa shape index (κ1) is 33.2. The Kier molecular flexibility index (Phi) is 9.48. The number of amides is 3. The first-order chi connectivity index (χ1) is 22.5. The molecule has 4 aliphatic rings. The lowest BCUT2D eigenvalue weighted by Crippen LogP contribution is -2.57. The quantitative estimate of drug-likeness (QED) is 0.404. The number of nitrogens with one attached hydrogen (secondary N) is 2. The van der Waals surface area contributed by atoms with E-state index in [1.165, 1.54) is 4.90 Å². The van der Waals surface area contributed by atoms with Gasteiger partial charge in [-0.15, -0.1) is 0 Å². The summed E-state index contributed by atoms with van der Waals surface area (Å²) in [6.07, 6.45) is 7.90. The first-order valence-corrected chi connectivity index (χ1v) is 18.2. The molecule has 1 aromatic carbocycles. The van der Waals surface area contributed by atoms with Gasteiger partial charge in [0.05, 0.1) is 24.4 Å². The highest BCUT2D eigenvalue weighted by Gasteiger charge is 2.62. The number of allylic oxidation sites excluding steroid dienone is 1. The van der Waals surface area contributed by atoms with Gasteiger partial charge < -0.3 is 24.4 Å². The third kappa shape index (κ3) is 7.11. The van der Waals surface area contributed by atoms with E-state index in [1.807, 2.05) is 36.4 Å². The molecule has 47 heavy (non-hydrogen) atoms. The molecule has 1 saturated heterocycles. The maximum Gasteiger partial charge on any atom is 0.259 e. The highest BCUT2D eigenvalue weighted by atomic mass is 32.2. The van der Waals surface area contributed by atoms with Gasteiger partial charge >= 0.3 is 0 Å². The highest BCUT2D eigenvalue weighted by Crippen LogP contribution is 2.46. The van der Waals surface area contributed by atoms with E-state index in [2.05, 4.69) is 17.0 Å². The summed E-state index contributed by atoms with van der Waals surface area (Å²) in [7, 11) is -2.23. The molecule has 2 aromatic rings. The largest absolute Gasteiger partial charge is 0.497 e. The Morgan fingerprint density at radius 3 is 2.77 bits per heavy atom. The summed E-state index contributed by atoms with van der Waals surface area (Å²) in [6.45, 7) is 4.28. The van der Waals surface area contributed by atoms with Crippen molar-refractivity contribution in [1.82, 2.24) is 19.9 Å². The molecule has 254 valence electrons. The molecular formula is C34H44N4O8S. The van der Waals surface area contributed by atoms with E-state index < -0.39 is 50.9 Å². The van der Waals surface area contributed by atoms with Gasteiger partial charge in [0.25, 0.3) is 11.8 Å². The summed E-state index contributed by atoms with van der Waals surface area (Å²) in [5.74, 6) is -0.710. The molecule has 5 atom stereocenters. The zero-order valence-corrected chi connectivity index (χ0v) is 28.0. The first-order valence-electron chi connectivity index (χ1n) is 16.7. The summed E-state index contributed by atoms with van der Waals surface area (Å²) in [4.78, 5) is 47.7. The van der Waals surface area contributed by atoms with Crippen LogP contribution in [0.5, 0.6) is 11.5 Å². The van der Waals surface area contributed by atoms with Crippen LogP contribution in [0.2, 0.25) is 0 Å². The summed E-state index contributed by atoms with van der Waals surface area (Å²) in [5.41, 5.74) is 0.158. The van der Waals surface area contributed by atoms with Gasteiger partial charge in [0.1, 0.15) is 35.3 Å². The number of carbonyl (C=O) groups excluding carboxylic acids is 3.